The fourth-order valence-corrected chi connectivity index (χ4v) is 4.09. The SMILES string of the molecule is COc1ccc(N2C(=O)C(=O)/C(=C(\O)c3ccc(Cl)c(Cl)c3)C2c2cccc(C)c2)cc1. The Kier molecular flexibility index (Phi) is 5.96. The molecule has 1 heterocycles. The van der Waals surface area contributed by atoms with Gasteiger partial charge in [0.15, 0.2) is 0 Å². The molecular formula is C25H19Cl2NO4. The summed E-state index contributed by atoms with van der Waals surface area (Å²) < 4.78 is 5.20. The number of carbonyl (C=O) groups excluding carboxylic acids is 2. The standard InChI is InChI=1S/C25H19Cl2NO4/c1-14-4-3-5-15(12-14)22-21(23(29)16-6-11-19(26)20(27)13-16)24(30)25(31)28(22)17-7-9-18(32-2)10-8-17/h3-13,22,29H,1-2H3/b23-21-. The van der Waals surface area contributed by atoms with Crippen LogP contribution in [0.25, 0.3) is 5.76 Å². The highest BCUT2D eigenvalue weighted by Gasteiger charge is 2.47. The van der Waals surface area contributed by atoms with Crippen LogP contribution in [0.4, 0.5) is 5.69 Å². The molecule has 1 N–H and O–H groups in total. The number of rotatable bonds is 4. The van der Waals surface area contributed by atoms with Crippen LogP contribution >= 0.6 is 23.2 Å². The van der Waals surface area contributed by atoms with Gasteiger partial charge in [-0.1, -0.05) is 53.0 Å². The van der Waals surface area contributed by atoms with Gasteiger partial charge in [0.05, 0.1) is 28.8 Å². The van der Waals surface area contributed by atoms with Gasteiger partial charge in [0, 0.05) is 11.3 Å². The van der Waals surface area contributed by atoms with E-state index in [9.17, 15) is 14.7 Å². The van der Waals surface area contributed by atoms with Gasteiger partial charge in [-0.05, 0) is 55.0 Å². The maximum absolute atomic E-state index is 13.2. The number of nitrogens with zero attached hydrogens (tertiary/aromatic N) is 1. The van der Waals surface area contributed by atoms with Crippen LogP contribution in [0.2, 0.25) is 10.0 Å². The van der Waals surface area contributed by atoms with Crippen molar-refractivity contribution in [1.29, 1.82) is 0 Å². The Bertz CT molecular complexity index is 1250. The van der Waals surface area contributed by atoms with Gasteiger partial charge < -0.3 is 9.84 Å². The molecule has 0 saturated carbocycles. The number of aliphatic hydroxyl groups excluding tert-OH is 1. The molecule has 5 nitrogen and oxygen atoms in total. The molecule has 32 heavy (non-hydrogen) atoms. The van der Waals surface area contributed by atoms with Gasteiger partial charge in [-0.15, -0.1) is 0 Å². The van der Waals surface area contributed by atoms with Crippen LogP contribution in [0.15, 0.2) is 72.3 Å². The van der Waals surface area contributed by atoms with Crippen LogP contribution in [0.1, 0.15) is 22.7 Å². The zero-order valence-electron chi connectivity index (χ0n) is 17.3. The lowest BCUT2D eigenvalue weighted by atomic mass is 9.94. The van der Waals surface area contributed by atoms with Gasteiger partial charge in [0.2, 0.25) is 0 Å². The smallest absolute Gasteiger partial charge is 0.300 e. The van der Waals surface area contributed by atoms with Crippen molar-refractivity contribution in [1.82, 2.24) is 0 Å². The maximum Gasteiger partial charge on any atom is 0.300 e. The number of hydrogen-bond donors (Lipinski definition) is 1. The van der Waals surface area contributed by atoms with Crippen LogP contribution in [-0.4, -0.2) is 23.9 Å². The molecule has 1 fully saturated rings. The quantitative estimate of drug-likeness (QED) is 0.293. The first-order valence-corrected chi connectivity index (χ1v) is 10.5. The average molecular weight is 468 g/mol. The third-order valence-electron chi connectivity index (χ3n) is 5.35. The molecule has 7 heteroatoms. The Labute approximate surface area is 195 Å². The second-order valence-corrected chi connectivity index (χ2v) is 8.22. The van der Waals surface area contributed by atoms with Crippen LogP contribution in [0.5, 0.6) is 5.75 Å². The second kappa shape index (κ2) is 8.69. The highest BCUT2D eigenvalue weighted by Crippen LogP contribution is 2.43. The number of anilines is 1. The van der Waals surface area contributed by atoms with Crippen molar-refractivity contribution in [3.8, 4) is 5.75 Å². The third-order valence-corrected chi connectivity index (χ3v) is 6.08. The highest BCUT2D eigenvalue weighted by atomic mass is 35.5. The summed E-state index contributed by atoms with van der Waals surface area (Å²) in [6.07, 6.45) is 0. The molecule has 0 aliphatic carbocycles. The van der Waals surface area contributed by atoms with Gasteiger partial charge in [-0.2, -0.15) is 0 Å². The summed E-state index contributed by atoms with van der Waals surface area (Å²) >= 11 is 12.1. The number of methoxy groups -OCH3 is 1. The van der Waals surface area contributed by atoms with Gasteiger partial charge in [-0.3, -0.25) is 14.5 Å². The van der Waals surface area contributed by atoms with Crippen molar-refractivity contribution >= 4 is 46.3 Å². The predicted molar refractivity (Wildman–Crippen MR) is 125 cm³/mol. The van der Waals surface area contributed by atoms with Crippen molar-refractivity contribution in [3.63, 3.8) is 0 Å². The van der Waals surface area contributed by atoms with Crippen LogP contribution in [0.3, 0.4) is 0 Å². The van der Waals surface area contributed by atoms with E-state index in [1.165, 1.54) is 17.0 Å². The number of aryl methyl sites for hydroxylation is 1. The average Bonchev–Trinajstić information content (AvgIpc) is 3.06. The van der Waals surface area contributed by atoms with E-state index in [4.69, 9.17) is 27.9 Å². The number of benzene rings is 3. The van der Waals surface area contributed by atoms with Crippen molar-refractivity contribution in [2.45, 2.75) is 13.0 Å². The minimum absolute atomic E-state index is 0.0187. The topological polar surface area (TPSA) is 66.8 Å². The fraction of sp³-hybridized carbons (Fsp3) is 0.120. The molecule has 0 aromatic heterocycles. The van der Waals surface area contributed by atoms with E-state index in [0.717, 1.165) is 5.56 Å². The lowest BCUT2D eigenvalue weighted by Gasteiger charge is -2.26. The lowest BCUT2D eigenvalue weighted by Crippen LogP contribution is -2.29. The summed E-state index contributed by atoms with van der Waals surface area (Å²) in [5.74, 6) is -1.21. The summed E-state index contributed by atoms with van der Waals surface area (Å²) in [5.41, 5.74) is 2.44. The molecule has 3 aromatic carbocycles. The molecular weight excluding hydrogens is 449 g/mol. The number of hydrogen-bond acceptors (Lipinski definition) is 4. The van der Waals surface area contributed by atoms with Crippen LogP contribution in [0, 0.1) is 6.92 Å². The van der Waals surface area contributed by atoms with Gasteiger partial charge in [-0.25, -0.2) is 0 Å². The van der Waals surface area contributed by atoms with E-state index in [1.54, 1.807) is 37.4 Å². The maximum atomic E-state index is 13.2. The number of aliphatic hydroxyl groups is 1. The van der Waals surface area contributed by atoms with Gasteiger partial charge in [0.25, 0.3) is 11.7 Å². The number of halogens is 2. The Balaban J connectivity index is 1.94. The molecule has 1 aliphatic rings. The minimum Gasteiger partial charge on any atom is -0.507 e. The summed E-state index contributed by atoms with van der Waals surface area (Å²) in [6.45, 7) is 1.92. The molecule has 3 aromatic rings. The third kappa shape index (κ3) is 3.85. The zero-order chi connectivity index (χ0) is 23.0. The summed E-state index contributed by atoms with van der Waals surface area (Å²) in [7, 11) is 1.55. The molecule has 1 atom stereocenters. The Morgan fingerprint density at radius 3 is 2.31 bits per heavy atom. The molecule has 1 unspecified atom stereocenters. The molecule has 4 rings (SSSR count). The van der Waals surface area contributed by atoms with E-state index >= 15 is 0 Å². The minimum atomic E-state index is -0.822. The number of ketones is 1. The van der Waals surface area contributed by atoms with Crippen molar-refractivity contribution in [2.24, 2.45) is 0 Å². The first-order chi connectivity index (χ1) is 15.3. The monoisotopic (exact) mass is 467 g/mol. The number of amides is 1. The fourth-order valence-electron chi connectivity index (χ4n) is 3.80. The Morgan fingerprint density at radius 1 is 0.969 bits per heavy atom. The second-order valence-electron chi connectivity index (χ2n) is 7.41. The van der Waals surface area contributed by atoms with E-state index in [0.29, 0.717) is 27.6 Å². The summed E-state index contributed by atoms with van der Waals surface area (Å²) in [4.78, 5) is 27.7. The number of Topliss-reactive ketones (excluding diaryl/α,β-unsaturated/α-hetero) is 1. The molecule has 0 bridgehead atoms. The van der Waals surface area contributed by atoms with Crippen molar-refractivity contribution in [2.75, 3.05) is 12.0 Å². The predicted octanol–water partition coefficient (Wildman–Crippen LogP) is 5.94. The Morgan fingerprint density at radius 2 is 1.69 bits per heavy atom. The van der Waals surface area contributed by atoms with Crippen LogP contribution in [-0.2, 0) is 9.59 Å². The first kappa shape index (κ1) is 21.9. The molecule has 0 radical (unpaired) electrons. The summed E-state index contributed by atoms with van der Waals surface area (Å²) in [6, 6.07) is 18.0. The molecule has 0 spiro atoms. The largest absolute Gasteiger partial charge is 0.507 e. The highest BCUT2D eigenvalue weighted by molar-refractivity contribution is 6.51. The molecule has 162 valence electrons. The molecule has 1 aliphatic heterocycles. The first-order valence-electron chi connectivity index (χ1n) is 9.79. The Hall–Kier alpha value is -3.28. The molecule has 1 saturated heterocycles. The zero-order valence-corrected chi connectivity index (χ0v) is 18.8. The van der Waals surface area contributed by atoms with E-state index in [2.05, 4.69) is 0 Å². The van der Waals surface area contributed by atoms with Crippen molar-refractivity contribution < 1.29 is 19.4 Å². The number of ether oxygens (including phenoxy) is 1. The normalized spacial score (nSPS) is 17.6. The van der Waals surface area contributed by atoms with Gasteiger partial charge in [0.1, 0.15) is 11.5 Å². The lowest BCUT2D eigenvalue weighted by molar-refractivity contribution is -0.132. The molecule has 1 amide bonds. The van der Waals surface area contributed by atoms with E-state index in [1.807, 2.05) is 31.2 Å². The van der Waals surface area contributed by atoms with Gasteiger partial charge >= 0.3 is 0 Å². The van der Waals surface area contributed by atoms with Crippen LogP contribution < -0.4 is 9.64 Å². The summed E-state index contributed by atoms with van der Waals surface area (Å²) in [5, 5.41) is 11.7. The van der Waals surface area contributed by atoms with Crippen molar-refractivity contribution in [3.05, 3.63) is 99.0 Å². The van der Waals surface area contributed by atoms with E-state index < -0.39 is 17.7 Å². The number of carbonyl (C=O) groups is 2. The van der Waals surface area contributed by atoms with E-state index in [-0.39, 0.29) is 16.4 Å².